The second-order valence-corrected chi connectivity index (χ2v) is 8.81. The number of carbonyl (C=O) groups excluding carboxylic acids is 1. The van der Waals surface area contributed by atoms with Gasteiger partial charge in [-0.1, -0.05) is 48.0 Å². The van der Waals surface area contributed by atoms with Gasteiger partial charge in [0.1, 0.15) is 17.2 Å². The van der Waals surface area contributed by atoms with Crippen molar-refractivity contribution in [1.82, 2.24) is 15.1 Å². The summed E-state index contributed by atoms with van der Waals surface area (Å²) >= 11 is 6.11. The summed E-state index contributed by atoms with van der Waals surface area (Å²) in [4.78, 5) is 15.5. The van der Waals surface area contributed by atoms with Crippen LogP contribution in [0.15, 0.2) is 72.8 Å². The van der Waals surface area contributed by atoms with E-state index in [1.54, 1.807) is 7.11 Å². The number of fused-ring (bicyclic) bond motifs is 1. The maximum absolute atomic E-state index is 13.6. The van der Waals surface area contributed by atoms with Gasteiger partial charge in [-0.2, -0.15) is 5.10 Å². The first-order chi connectivity index (χ1) is 17.1. The summed E-state index contributed by atoms with van der Waals surface area (Å²) in [6.07, 6.45) is 0.719. The Labute approximate surface area is 209 Å². The van der Waals surface area contributed by atoms with Gasteiger partial charge in [0.05, 0.1) is 25.5 Å². The van der Waals surface area contributed by atoms with Gasteiger partial charge in [-0.15, -0.1) is 0 Å². The summed E-state index contributed by atoms with van der Waals surface area (Å²) in [7, 11) is 1.65. The molecule has 178 valence electrons. The van der Waals surface area contributed by atoms with Crippen LogP contribution < -0.4 is 9.47 Å². The van der Waals surface area contributed by atoms with Gasteiger partial charge in [-0.25, -0.2) is 0 Å². The number of amides is 1. The fourth-order valence-electron chi connectivity index (χ4n) is 4.56. The molecule has 0 saturated carbocycles. The molecule has 35 heavy (non-hydrogen) atoms. The number of aromatic nitrogens is 2. The van der Waals surface area contributed by atoms with Crippen LogP contribution in [0.3, 0.4) is 0 Å². The van der Waals surface area contributed by atoms with Gasteiger partial charge in [-0.3, -0.25) is 9.89 Å². The Kier molecular flexibility index (Phi) is 6.47. The molecule has 4 aromatic rings. The number of hydrogen-bond acceptors (Lipinski definition) is 4. The van der Waals surface area contributed by atoms with Gasteiger partial charge in [0.2, 0.25) is 0 Å². The zero-order valence-electron chi connectivity index (χ0n) is 19.6. The first kappa shape index (κ1) is 23.0. The molecule has 0 bridgehead atoms. The lowest BCUT2D eigenvalue weighted by Crippen LogP contribution is -2.31. The lowest BCUT2D eigenvalue weighted by molar-refractivity contribution is 0.0746. The zero-order valence-corrected chi connectivity index (χ0v) is 20.4. The molecular formula is C28H26ClN3O3. The number of nitrogens with zero attached hydrogens (tertiary/aromatic N) is 2. The molecule has 1 unspecified atom stereocenters. The van der Waals surface area contributed by atoms with Gasteiger partial charge in [0.15, 0.2) is 0 Å². The van der Waals surface area contributed by atoms with Crippen molar-refractivity contribution < 1.29 is 14.3 Å². The highest BCUT2D eigenvalue weighted by atomic mass is 35.5. The van der Waals surface area contributed by atoms with E-state index in [1.807, 2.05) is 84.6 Å². The van der Waals surface area contributed by atoms with Crippen LogP contribution in [-0.2, 0) is 6.42 Å². The molecule has 1 aliphatic heterocycles. The number of methoxy groups -OCH3 is 1. The molecule has 0 fully saturated rings. The topological polar surface area (TPSA) is 67.5 Å². The normalized spacial score (nSPS) is 14.8. The molecule has 2 heterocycles. The Balaban J connectivity index is 1.52. The van der Waals surface area contributed by atoms with E-state index in [2.05, 4.69) is 10.2 Å². The Morgan fingerprint density at radius 1 is 0.971 bits per heavy atom. The SMILES string of the molecule is CCOc1ccc(C2c3c(-c4ccc(Cl)cc4)n[nH]c3C(=O)N2CCc2ccc(OC)cc2)cc1. The summed E-state index contributed by atoms with van der Waals surface area (Å²) in [5.41, 5.74) is 5.23. The Hall–Kier alpha value is -3.77. The molecule has 1 amide bonds. The highest BCUT2D eigenvalue weighted by Gasteiger charge is 2.41. The smallest absolute Gasteiger partial charge is 0.273 e. The number of benzene rings is 3. The summed E-state index contributed by atoms with van der Waals surface area (Å²) < 4.78 is 10.9. The minimum atomic E-state index is -0.268. The van der Waals surface area contributed by atoms with Crippen LogP contribution in [0.2, 0.25) is 5.02 Å². The van der Waals surface area contributed by atoms with Crippen molar-refractivity contribution in [1.29, 1.82) is 0 Å². The zero-order chi connectivity index (χ0) is 24.4. The van der Waals surface area contributed by atoms with Crippen molar-refractivity contribution in [2.75, 3.05) is 20.3 Å². The number of nitrogens with one attached hydrogen (secondary N) is 1. The molecule has 5 rings (SSSR count). The molecular weight excluding hydrogens is 462 g/mol. The molecule has 3 aromatic carbocycles. The molecule has 0 radical (unpaired) electrons. The second kappa shape index (κ2) is 9.84. The number of halogens is 1. The summed E-state index contributed by atoms with van der Waals surface area (Å²) in [5, 5.41) is 8.19. The molecule has 1 aliphatic rings. The van der Waals surface area contributed by atoms with Crippen molar-refractivity contribution in [3.8, 4) is 22.8 Å². The average Bonchev–Trinajstić information content (AvgIpc) is 3.43. The van der Waals surface area contributed by atoms with E-state index in [-0.39, 0.29) is 11.9 Å². The molecule has 7 heteroatoms. The maximum Gasteiger partial charge on any atom is 0.273 e. The van der Waals surface area contributed by atoms with Crippen molar-refractivity contribution in [3.63, 3.8) is 0 Å². The van der Waals surface area contributed by atoms with E-state index in [0.717, 1.165) is 45.9 Å². The van der Waals surface area contributed by atoms with Gasteiger partial charge in [0, 0.05) is 22.7 Å². The van der Waals surface area contributed by atoms with E-state index < -0.39 is 0 Å². The average molecular weight is 488 g/mol. The first-order valence-electron chi connectivity index (χ1n) is 11.6. The molecule has 0 saturated heterocycles. The largest absolute Gasteiger partial charge is 0.497 e. The van der Waals surface area contributed by atoms with E-state index in [0.29, 0.717) is 23.9 Å². The minimum absolute atomic E-state index is 0.0555. The number of H-pyrrole nitrogens is 1. The van der Waals surface area contributed by atoms with E-state index in [4.69, 9.17) is 21.1 Å². The van der Waals surface area contributed by atoms with E-state index in [9.17, 15) is 4.79 Å². The summed E-state index contributed by atoms with van der Waals surface area (Å²) in [5.74, 6) is 1.56. The molecule has 1 aromatic heterocycles. The Bertz CT molecular complexity index is 1320. The number of aromatic amines is 1. The quantitative estimate of drug-likeness (QED) is 0.334. The van der Waals surface area contributed by atoms with Crippen LogP contribution >= 0.6 is 11.6 Å². The minimum Gasteiger partial charge on any atom is -0.497 e. The van der Waals surface area contributed by atoms with Crippen LogP contribution in [0.25, 0.3) is 11.3 Å². The van der Waals surface area contributed by atoms with Gasteiger partial charge in [-0.05, 0) is 60.9 Å². The molecule has 0 spiro atoms. The van der Waals surface area contributed by atoms with Crippen molar-refractivity contribution >= 4 is 17.5 Å². The van der Waals surface area contributed by atoms with Crippen LogP contribution in [0.5, 0.6) is 11.5 Å². The molecule has 1 N–H and O–H groups in total. The Morgan fingerprint density at radius 2 is 1.66 bits per heavy atom. The monoisotopic (exact) mass is 487 g/mol. The van der Waals surface area contributed by atoms with Crippen molar-refractivity contribution in [2.45, 2.75) is 19.4 Å². The number of carbonyl (C=O) groups is 1. The predicted octanol–water partition coefficient (Wildman–Crippen LogP) is 5.93. The lowest BCUT2D eigenvalue weighted by Gasteiger charge is -2.26. The Morgan fingerprint density at radius 3 is 2.31 bits per heavy atom. The first-order valence-corrected chi connectivity index (χ1v) is 12.0. The number of hydrogen-bond donors (Lipinski definition) is 1. The number of rotatable bonds is 8. The number of ether oxygens (including phenoxy) is 2. The predicted molar refractivity (Wildman–Crippen MR) is 136 cm³/mol. The van der Waals surface area contributed by atoms with Gasteiger partial charge in [0.25, 0.3) is 5.91 Å². The molecule has 0 aliphatic carbocycles. The second-order valence-electron chi connectivity index (χ2n) is 8.37. The summed E-state index contributed by atoms with van der Waals surface area (Å²) in [6.45, 7) is 3.12. The van der Waals surface area contributed by atoms with Crippen LogP contribution in [-0.4, -0.2) is 41.3 Å². The highest BCUT2D eigenvalue weighted by molar-refractivity contribution is 6.30. The lowest BCUT2D eigenvalue weighted by atomic mass is 9.96. The third kappa shape index (κ3) is 4.49. The van der Waals surface area contributed by atoms with Crippen LogP contribution in [0, 0.1) is 0 Å². The van der Waals surface area contributed by atoms with Crippen molar-refractivity contribution in [3.05, 3.63) is 100 Å². The maximum atomic E-state index is 13.6. The standard InChI is InChI=1S/C28H26ClN3O3/c1-3-35-23-14-8-20(9-15-23)27-24-25(19-6-10-21(29)11-7-19)30-31-26(24)28(33)32(27)17-16-18-4-12-22(34-2)13-5-18/h4-15,27H,3,16-17H2,1-2H3,(H,30,31). The fourth-order valence-corrected chi connectivity index (χ4v) is 4.68. The molecule has 1 atom stereocenters. The van der Waals surface area contributed by atoms with E-state index >= 15 is 0 Å². The highest BCUT2D eigenvalue weighted by Crippen LogP contribution is 2.43. The van der Waals surface area contributed by atoms with Crippen LogP contribution in [0.4, 0.5) is 0 Å². The third-order valence-electron chi connectivity index (χ3n) is 6.29. The van der Waals surface area contributed by atoms with Gasteiger partial charge < -0.3 is 14.4 Å². The molecule has 6 nitrogen and oxygen atoms in total. The fraction of sp³-hybridized carbons (Fsp3) is 0.214. The third-order valence-corrected chi connectivity index (χ3v) is 6.54. The van der Waals surface area contributed by atoms with E-state index in [1.165, 1.54) is 0 Å². The van der Waals surface area contributed by atoms with Crippen molar-refractivity contribution in [2.24, 2.45) is 0 Å². The van der Waals surface area contributed by atoms with Crippen LogP contribution in [0.1, 0.15) is 40.1 Å². The summed E-state index contributed by atoms with van der Waals surface area (Å²) in [6, 6.07) is 23.2. The van der Waals surface area contributed by atoms with Gasteiger partial charge >= 0.3 is 0 Å².